The normalized spacial score (nSPS) is 11.6. The molecule has 0 spiro atoms. The van der Waals surface area contributed by atoms with E-state index >= 15 is 0 Å². The summed E-state index contributed by atoms with van der Waals surface area (Å²) in [5.41, 5.74) is 2.31. The molecule has 0 aromatic heterocycles. The first-order chi connectivity index (χ1) is 11.1. The van der Waals surface area contributed by atoms with Crippen molar-refractivity contribution >= 4 is 5.91 Å². The highest BCUT2D eigenvalue weighted by molar-refractivity contribution is 5.80. The van der Waals surface area contributed by atoms with Crippen molar-refractivity contribution in [1.29, 1.82) is 0 Å². The zero-order chi connectivity index (χ0) is 16.7. The predicted octanol–water partition coefficient (Wildman–Crippen LogP) is 3.13. The number of aryl methyl sites for hydroxylation is 1. The lowest BCUT2D eigenvalue weighted by molar-refractivity contribution is -0.127. The van der Waals surface area contributed by atoms with Gasteiger partial charge < -0.3 is 14.8 Å². The Morgan fingerprint density at radius 1 is 1.04 bits per heavy atom. The van der Waals surface area contributed by atoms with Gasteiger partial charge in [0.05, 0.1) is 7.11 Å². The second kappa shape index (κ2) is 8.22. The molecule has 0 saturated heterocycles. The average Bonchev–Trinajstić information content (AvgIpc) is 2.57. The van der Waals surface area contributed by atoms with Crippen molar-refractivity contribution in [1.82, 2.24) is 5.32 Å². The topological polar surface area (TPSA) is 47.6 Å². The van der Waals surface area contributed by atoms with Crippen LogP contribution in [0.3, 0.4) is 0 Å². The Morgan fingerprint density at radius 3 is 2.26 bits per heavy atom. The lowest BCUT2D eigenvalue weighted by atomic mass is 10.1. The Bertz CT molecular complexity index is 620. The van der Waals surface area contributed by atoms with E-state index in [4.69, 9.17) is 9.47 Å². The fourth-order valence-electron chi connectivity index (χ4n) is 2.14. The van der Waals surface area contributed by atoms with Crippen LogP contribution in [0.1, 0.15) is 18.1 Å². The van der Waals surface area contributed by atoms with E-state index in [2.05, 4.69) is 5.32 Å². The second-order valence-electron chi connectivity index (χ2n) is 5.46. The summed E-state index contributed by atoms with van der Waals surface area (Å²) in [4.78, 5) is 12.0. The van der Waals surface area contributed by atoms with Gasteiger partial charge in [0.25, 0.3) is 5.91 Å². The Morgan fingerprint density at radius 2 is 1.65 bits per heavy atom. The molecule has 0 aliphatic rings. The number of nitrogens with one attached hydrogen (secondary N) is 1. The molecule has 0 unspecified atom stereocenters. The van der Waals surface area contributed by atoms with Crippen LogP contribution in [0.5, 0.6) is 11.5 Å². The second-order valence-corrected chi connectivity index (χ2v) is 5.46. The van der Waals surface area contributed by atoms with Gasteiger partial charge in [0.1, 0.15) is 11.5 Å². The van der Waals surface area contributed by atoms with Gasteiger partial charge in [-0.2, -0.15) is 0 Å². The summed E-state index contributed by atoms with van der Waals surface area (Å²) in [7, 11) is 1.64. The van der Waals surface area contributed by atoms with E-state index in [-0.39, 0.29) is 5.91 Å². The molecule has 1 N–H and O–H groups in total. The first kappa shape index (κ1) is 16.9. The Hall–Kier alpha value is -2.49. The van der Waals surface area contributed by atoms with Crippen molar-refractivity contribution in [2.75, 3.05) is 13.7 Å². The molecule has 1 amide bonds. The summed E-state index contributed by atoms with van der Waals surface area (Å²) in [5, 5.41) is 2.90. The van der Waals surface area contributed by atoms with Gasteiger partial charge in [0.15, 0.2) is 6.10 Å². The minimum Gasteiger partial charge on any atom is -0.497 e. The lowest BCUT2D eigenvalue weighted by Crippen LogP contribution is -2.37. The van der Waals surface area contributed by atoms with Gasteiger partial charge in [0, 0.05) is 6.54 Å². The minimum absolute atomic E-state index is 0.112. The predicted molar refractivity (Wildman–Crippen MR) is 91.0 cm³/mol. The molecule has 0 heterocycles. The summed E-state index contributed by atoms with van der Waals surface area (Å²) in [6.45, 7) is 4.34. The Kier molecular flexibility index (Phi) is 6.03. The quantitative estimate of drug-likeness (QED) is 0.854. The van der Waals surface area contributed by atoms with Crippen LogP contribution in [0.2, 0.25) is 0 Å². The highest BCUT2D eigenvalue weighted by Crippen LogP contribution is 2.13. The molecule has 122 valence electrons. The molecule has 0 fully saturated rings. The van der Waals surface area contributed by atoms with Gasteiger partial charge in [-0.15, -0.1) is 0 Å². The maximum atomic E-state index is 12.0. The number of amides is 1. The molecule has 0 bridgehead atoms. The average molecular weight is 313 g/mol. The summed E-state index contributed by atoms with van der Waals surface area (Å²) in [5.74, 6) is 1.42. The molecule has 0 aliphatic heterocycles. The van der Waals surface area contributed by atoms with Gasteiger partial charge in [-0.05, 0) is 50.1 Å². The third kappa shape index (κ3) is 5.33. The summed E-state index contributed by atoms with van der Waals surface area (Å²) in [6, 6.07) is 15.5. The molecule has 2 aromatic carbocycles. The number of methoxy groups -OCH3 is 1. The van der Waals surface area contributed by atoms with Crippen LogP contribution in [0.25, 0.3) is 0 Å². The number of carbonyl (C=O) groups excluding carboxylic acids is 1. The van der Waals surface area contributed by atoms with Crippen LogP contribution in [0, 0.1) is 6.92 Å². The molecular formula is C19H23NO3. The molecule has 4 heteroatoms. The van der Waals surface area contributed by atoms with Gasteiger partial charge in [-0.1, -0.05) is 29.8 Å². The zero-order valence-corrected chi connectivity index (χ0v) is 13.8. The highest BCUT2D eigenvalue weighted by atomic mass is 16.5. The standard InChI is InChI=1S/C19H23NO3/c1-14-4-8-18(9-5-14)23-15(2)19(21)20-13-12-16-6-10-17(22-3)11-7-16/h4-11,15H,12-13H2,1-3H3,(H,20,21)/t15-/m1/s1. The number of benzene rings is 2. The van der Waals surface area contributed by atoms with Crippen molar-refractivity contribution in [3.63, 3.8) is 0 Å². The number of rotatable bonds is 7. The summed E-state index contributed by atoms with van der Waals surface area (Å²) >= 11 is 0. The molecule has 2 aromatic rings. The van der Waals surface area contributed by atoms with E-state index in [1.807, 2.05) is 55.5 Å². The number of hydrogen-bond acceptors (Lipinski definition) is 3. The number of hydrogen-bond donors (Lipinski definition) is 1. The smallest absolute Gasteiger partial charge is 0.260 e. The molecule has 0 saturated carbocycles. The molecular weight excluding hydrogens is 290 g/mol. The minimum atomic E-state index is -0.520. The van der Waals surface area contributed by atoms with Crippen molar-refractivity contribution in [2.24, 2.45) is 0 Å². The van der Waals surface area contributed by atoms with E-state index in [9.17, 15) is 4.79 Å². The fraction of sp³-hybridized carbons (Fsp3) is 0.316. The molecule has 2 rings (SSSR count). The van der Waals surface area contributed by atoms with Gasteiger partial charge in [0.2, 0.25) is 0 Å². The van der Waals surface area contributed by atoms with E-state index in [1.54, 1.807) is 14.0 Å². The number of carbonyl (C=O) groups is 1. The van der Waals surface area contributed by atoms with Crippen LogP contribution in [-0.2, 0) is 11.2 Å². The van der Waals surface area contributed by atoms with Crippen LogP contribution in [0.4, 0.5) is 0 Å². The first-order valence-electron chi connectivity index (χ1n) is 7.72. The maximum absolute atomic E-state index is 12.0. The van der Waals surface area contributed by atoms with Crippen molar-refractivity contribution in [3.8, 4) is 11.5 Å². The van der Waals surface area contributed by atoms with Crippen molar-refractivity contribution < 1.29 is 14.3 Å². The lowest BCUT2D eigenvalue weighted by Gasteiger charge is -2.15. The van der Waals surface area contributed by atoms with E-state index < -0.39 is 6.10 Å². The van der Waals surface area contributed by atoms with Crippen LogP contribution < -0.4 is 14.8 Å². The van der Waals surface area contributed by atoms with Crippen molar-refractivity contribution in [3.05, 3.63) is 59.7 Å². The SMILES string of the molecule is COc1ccc(CCNC(=O)[C@@H](C)Oc2ccc(C)cc2)cc1. The van der Waals surface area contributed by atoms with Gasteiger partial charge in [-0.3, -0.25) is 4.79 Å². The fourth-order valence-corrected chi connectivity index (χ4v) is 2.14. The summed E-state index contributed by atoms with van der Waals surface area (Å²) in [6.07, 6.45) is 0.251. The largest absolute Gasteiger partial charge is 0.497 e. The van der Waals surface area contributed by atoms with Crippen LogP contribution in [-0.4, -0.2) is 25.7 Å². The van der Waals surface area contributed by atoms with Crippen LogP contribution >= 0.6 is 0 Å². The molecule has 1 atom stereocenters. The van der Waals surface area contributed by atoms with Crippen LogP contribution in [0.15, 0.2) is 48.5 Å². The third-order valence-corrected chi connectivity index (χ3v) is 3.58. The Balaban J connectivity index is 1.75. The van der Waals surface area contributed by atoms with Crippen molar-refractivity contribution in [2.45, 2.75) is 26.4 Å². The molecule has 0 radical (unpaired) electrons. The highest BCUT2D eigenvalue weighted by Gasteiger charge is 2.13. The molecule has 23 heavy (non-hydrogen) atoms. The van der Waals surface area contributed by atoms with E-state index in [0.29, 0.717) is 12.3 Å². The van der Waals surface area contributed by atoms with Gasteiger partial charge in [-0.25, -0.2) is 0 Å². The monoisotopic (exact) mass is 313 g/mol. The zero-order valence-electron chi connectivity index (χ0n) is 13.8. The Labute approximate surface area is 137 Å². The third-order valence-electron chi connectivity index (χ3n) is 3.58. The maximum Gasteiger partial charge on any atom is 0.260 e. The van der Waals surface area contributed by atoms with Gasteiger partial charge >= 0.3 is 0 Å². The van der Waals surface area contributed by atoms with E-state index in [0.717, 1.165) is 23.3 Å². The summed E-state index contributed by atoms with van der Waals surface area (Å²) < 4.78 is 10.8. The number of ether oxygens (including phenoxy) is 2. The molecule has 0 aliphatic carbocycles. The van der Waals surface area contributed by atoms with E-state index in [1.165, 1.54) is 0 Å². The molecule has 4 nitrogen and oxygen atoms in total. The first-order valence-corrected chi connectivity index (χ1v) is 7.72.